The van der Waals surface area contributed by atoms with Crippen LogP contribution in [0.5, 0.6) is 5.75 Å². The van der Waals surface area contributed by atoms with E-state index in [1.165, 1.54) is 18.2 Å². The topological polar surface area (TPSA) is 112 Å². The number of phenolic OH excluding ortho intramolecular Hbond substituents is 1. The Labute approximate surface area is 93.6 Å². The average Bonchev–Trinajstić information content (AvgIpc) is 2.23. The number of rotatable bonds is 2. The molecule has 0 spiro atoms. The number of H-pyrrole nitrogens is 1. The largest absolute Gasteiger partial charge is 0.508 e. The summed E-state index contributed by atoms with van der Waals surface area (Å²) in [7, 11) is 0. The summed E-state index contributed by atoms with van der Waals surface area (Å²) in [6.45, 7) is -0.703. The fourth-order valence-corrected chi connectivity index (χ4v) is 1.52. The van der Waals surface area contributed by atoms with Gasteiger partial charge < -0.3 is 15.2 Å². The highest BCUT2D eigenvalue weighted by Crippen LogP contribution is 2.13. The maximum atomic E-state index is 11.8. The molecule has 2 aromatic rings. The zero-order valence-corrected chi connectivity index (χ0v) is 8.51. The zero-order valence-electron chi connectivity index (χ0n) is 8.51. The van der Waals surface area contributed by atoms with Crippen LogP contribution in [0.25, 0.3) is 10.9 Å². The molecule has 7 heteroatoms. The molecule has 0 aliphatic carbocycles. The summed E-state index contributed by atoms with van der Waals surface area (Å²) in [4.78, 5) is 36.1. The standard InChI is InChI=1S/C10H8N2O5/c13-5-1-2-6-7(3-5)11-10(17)12(9(6)16)4-8(14)15/h1-3,13H,4H2,(H,11,17)(H,14,15). The number of aromatic amines is 1. The number of aromatic nitrogens is 2. The van der Waals surface area contributed by atoms with Crippen molar-refractivity contribution in [2.75, 3.05) is 0 Å². The van der Waals surface area contributed by atoms with Crippen LogP contribution in [0.2, 0.25) is 0 Å². The molecule has 0 bridgehead atoms. The van der Waals surface area contributed by atoms with Gasteiger partial charge in [-0.3, -0.25) is 9.59 Å². The van der Waals surface area contributed by atoms with Crippen molar-refractivity contribution in [1.29, 1.82) is 0 Å². The number of hydrogen-bond donors (Lipinski definition) is 3. The average molecular weight is 236 g/mol. The second kappa shape index (κ2) is 3.78. The summed E-state index contributed by atoms with van der Waals surface area (Å²) in [6, 6.07) is 3.83. The lowest BCUT2D eigenvalue weighted by molar-refractivity contribution is -0.137. The maximum Gasteiger partial charge on any atom is 0.329 e. The zero-order chi connectivity index (χ0) is 12.6. The van der Waals surface area contributed by atoms with Gasteiger partial charge in [-0.05, 0) is 12.1 Å². The highest BCUT2D eigenvalue weighted by Gasteiger charge is 2.10. The molecule has 0 saturated heterocycles. The molecule has 2 rings (SSSR count). The van der Waals surface area contributed by atoms with Crippen molar-refractivity contribution in [3.8, 4) is 5.75 Å². The molecule has 0 aliphatic heterocycles. The van der Waals surface area contributed by atoms with Crippen molar-refractivity contribution < 1.29 is 15.0 Å². The lowest BCUT2D eigenvalue weighted by Crippen LogP contribution is -2.37. The summed E-state index contributed by atoms with van der Waals surface area (Å²) in [5.41, 5.74) is -1.36. The second-order valence-corrected chi connectivity index (χ2v) is 3.45. The van der Waals surface area contributed by atoms with Gasteiger partial charge in [0.1, 0.15) is 12.3 Å². The molecule has 0 radical (unpaired) electrons. The van der Waals surface area contributed by atoms with Crippen molar-refractivity contribution in [2.45, 2.75) is 6.54 Å². The van der Waals surface area contributed by atoms with Crippen LogP contribution >= 0.6 is 0 Å². The summed E-state index contributed by atoms with van der Waals surface area (Å²) in [5.74, 6) is -1.38. The van der Waals surface area contributed by atoms with Gasteiger partial charge in [0.15, 0.2) is 0 Å². The first-order chi connectivity index (χ1) is 7.99. The quantitative estimate of drug-likeness (QED) is 0.649. The molecule has 0 unspecified atom stereocenters. The monoisotopic (exact) mass is 236 g/mol. The van der Waals surface area contributed by atoms with Crippen LogP contribution in [0.15, 0.2) is 27.8 Å². The Morgan fingerprint density at radius 3 is 2.71 bits per heavy atom. The third-order valence-corrected chi connectivity index (χ3v) is 2.26. The highest BCUT2D eigenvalue weighted by molar-refractivity contribution is 5.79. The lowest BCUT2D eigenvalue weighted by atomic mass is 10.2. The molecule has 17 heavy (non-hydrogen) atoms. The van der Waals surface area contributed by atoms with Crippen LogP contribution in [0, 0.1) is 0 Å². The number of carboxylic acid groups (broad SMARTS) is 1. The fourth-order valence-electron chi connectivity index (χ4n) is 1.52. The van der Waals surface area contributed by atoms with Crippen molar-refractivity contribution in [2.24, 2.45) is 0 Å². The molecular weight excluding hydrogens is 228 g/mol. The Bertz CT molecular complexity index is 713. The van der Waals surface area contributed by atoms with Gasteiger partial charge in [0, 0.05) is 6.07 Å². The van der Waals surface area contributed by atoms with Gasteiger partial charge in [-0.2, -0.15) is 0 Å². The number of nitrogens with one attached hydrogen (secondary N) is 1. The van der Waals surface area contributed by atoms with Crippen LogP contribution < -0.4 is 11.2 Å². The Hall–Kier alpha value is -2.57. The number of nitrogens with zero attached hydrogens (tertiary/aromatic N) is 1. The number of aliphatic carboxylic acids is 1. The maximum absolute atomic E-state index is 11.8. The van der Waals surface area contributed by atoms with Gasteiger partial charge in [0.2, 0.25) is 0 Å². The number of carboxylic acids is 1. The van der Waals surface area contributed by atoms with Crippen LogP contribution in [0.1, 0.15) is 0 Å². The number of aromatic hydroxyl groups is 1. The molecule has 1 aromatic heterocycles. The van der Waals surface area contributed by atoms with Crippen LogP contribution in [-0.4, -0.2) is 25.7 Å². The van der Waals surface area contributed by atoms with Gasteiger partial charge in [-0.15, -0.1) is 0 Å². The van der Waals surface area contributed by atoms with Crippen molar-refractivity contribution in [1.82, 2.24) is 9.55 Å². The minimum atomic E-state index is -1.28. The number of hydrogen-bond acceptors (Lipinski definition) is 4. The lowest BCUT2D eigenvalue weighted by Gasteiger charge is -2.03. The van der Waals surface area contributed by atoms with E-state index in [1.807, 2.05) is 0 Å². The van der Waals surface area contributed by atoms with Crippen LogP contribution in [0.4, 0.5) is 0 Å². The van der Waals surface area contributed by atoms with Gasteiger partial charge in [-0.1, -0.05) is 0 Å². The number of carbonyl (C=O) groups is 1. The minimum absolute atomic E-state index is 0.0939. The first-order valence-corrected chi connectivity index (χ1v) is 4.66. The SMILES string of the molecule is O=C(O)Cn1c(=O)[nH]c2cc(O)ccc2c1=O. The Morgan fingerprint density at radius 2 is 2.06 bits per heavy atom. The summed E-state index contributed by atoms with van der Waals surface area (Å²) < 4.78 is 0.585. The molecule has 0 aliphatic rings. The van der Waals surface area contributed by atoms with Gasteiger partial charge >= 0.3 is 11.7 Å². The predicted molar refractivity (Wildman–Crippen MR) is 58.1 cm³/mol. The van der Waals surface area contributed by atoms with Gasteiger partial charge in [0.05, 0.1) is 10.9 Å². The van der Waals surface area contributed by atoms with E-state index >= 15 is 0 Å². The third-order valence-electron chi connectivity index (χ3n) is 2.26. The summed E-state index contributed by atoms with van der Waals surface area (Å²) in [6.07, 6.45) is 0. The second-order valence-electron chi connectivity index (χ2n) is 3.45. The van der Waals surface area contributed by atoms with Crippen molar-refractivity contribution >= 4 is 16.9 Å². The molecule has 3 N–H and O–H groups in total. The molecule has 7 nitrogen and oxygen atoms in total. The van der Waals surface area contributed by atoms with Gasteiger partial charge in [-0.25, -0.2) is 9.36 Å². The molecule has 0 fully saturated rings. The van der Waals surface area contributed by atoms with E-state index in [1.54, 1.807) is 0 Å². The molecule has 1 heterocycles. The normalized spacial score (nSPS) is 10.6. The molecule has 0 saturated carbocycles. The van der Waals surface area contributed by atoms with Crippen LogP contribution in [-0.2, 0) is 11.3 Å². The van der Waals surface area contributed by atoms with E-state index in [0.717, 1.165) is 0 Å². The smallest absolute Gasteiger partial charge is 0.329 e. The fraction of sp³-hybridized carbons (Fsp3) is 0.100. The van der Waals surface area contributed by atoms with E-state index in [2.05, 4.69) is 4.98 Å². The highest BCUT2D eigenvalue weighted by atomic mass is 16.4. The Balaban J connectivity index is 2.81. The number of phenols is 1. The van der Waals surface area contributed by atoms with Crippen molar-refractivity contribution in [3.63, 3.8) is 0 Å². The first kappa shape index (κ1) is 10.9. The predicted octanol–water partition coefficient (Wildman–Crippen LogP) is -0.520. The van der Waals surface area contributed by atoms with E-state index in [-0.39, 0.29) is 16.7 Å². The number of fused-ring (bicyclic) bond motifs is 1. The first-order valence-electron chi connectivity index (χ1n) is 4.66. The van der Waals surface area contributed by atoms with Crippen molar-refractivity contribution in [3.05, 3.63) is 39.0 Å². The molecule has 88 valence electrons. The Kier molecular flexibility index (Phi) is 2.43. The molecule has 0 atom stereocenters. The third kappa shape index (κ3) is 1.89. The van der Waals surface area contributed by atoms with Gasteiger partial charge in [0.25, 0.3) is 5.56 Å². The molecule has 0 amide bonds. The summed E-state index contributed by atoms with van der Waals surface area (Å²) in [5, 5.41) is 17.9. The van der Waals surface area contributed by atoms with E-state index in [4.69, 9.17) is 5.11 Å². The van der Waals surface area contributed by atoms with Crippen LogP contribution in [0.3, 0.4) is 0 Å². The van der Waals surface area contributed by atoms with E-state index in [9.17, 15) is 19.5 Å². The molecular formula is C10H8N2O5. The van der Waals surface area contributed by atoms with E-state index in [0.29, 0.717) is 4.57 Å². The molecule has 1 aromatic carbocycles. The number of benzene rings is 1. The summed E-state index contributed by atoms with van der Waals surface area (Å²) >= 11 is 0. The minimum Gasteiger partial charge on any atom is -0.508 e. The van der Waals surface area contributed by atoms with E-state index < -0.39 is 23.8 Å². The Morgan fingerprint density at radius 1 is 1.35 bits per heavy atom.